The highest BCUT2D eigenvalue weighted by atomic mass is 79.9. The SMILES string of the molecule is COCCOCn1nc(N)nc1Br. The van der Waals surface area contributed by atoms with E-state index in [9.17, 15) is 0 Å². The highest BCUT2D eigenvalue weighted by Gasteiger charge is 2.03. The molecule has 0 atom stereocenters. The maximum atomic E-state index is 5.36. The number of methoxy groups -OCH3 is 1. The molecule has 1 rings (SSSR count). The number of anilines is 1. The molecule has 0 aromatic carbocycles. The second-order valence-corrected chi connectivity index (χ2v) is 2.98. The van der Waals surface area contributed by atoms with E-state index in [2.05, 4.69) is 26.0 Å². The smallest absolute Gasteiger partial charge is 0.240 e. The largest absolute Gasteiger partial charge is 0.382 e. The van der Waals surface area contributed by atoms with Gasteiger partial charge in [-0.1, -0.05) is 0 Å². The minimum atomic E-state index is 0.224. The third kappa shape index (κ3) is 3.29. The zero-order chi connectivity index (χ0) is 9.68. The lowest BCUT2D eigenvalue weighted by Gasteiger charge is -2.03. The van der Waals surface area contributed by atoms with Crippen LogP contribution < -0.4 is 5.73 Å². The predicted octanol–water partition coefficient (Wildman–Crippen LogP) is 0.243. The van der Waals surface area contributed by atoms with Crippen molar-refractivity contribution in [3.63, 3.8) is 0 Å². The molecule has 1 heterocycles. The minimum Gasteiger partial charge on any atom is -0.382 e. The lowest BCUT2D eigenvalue weighted by Crippen LogP contribution is -2.08. The van der Waals surface area contributed by atoms with Gasteiger partial charge in [0.1, 0.15) is 6.73 Å². The molecule has 0 aliphatic heterocycles. The Morgan fingerprint density at radius 2 is 2.31 bits per heavy atom. The number of hydrogen-bond acceptors (Lipinski definition) is 5. The van der Waals surface area contributed by atoms with Crippen LogP contribution in [-0.2, 0) is 16.2 Å². The average Bonchev–Trinajstić information content (AvgIpc) is 2.39. The van der Waals surface area contributed by atoms with Crippen molar-refractivity contribution < 1.29 is 9.47 Å². The van der Waals surface area contributed by atoms with Crippen LogP contribution in [0.5, 0.6) is 0 Å². The van der Waals surface area contributed by atoms with Crippen molar-refractivity contribution in [3.05, 3.63) is 4.73 Å². The number of ether oxygens (including phenoxy) is 2. The Labute approximate surface area is 84.2 Å². The van der Waals surface area contributed by atoms with E-state index in [-0.39, 0.29) is 5.95 Å². The molecule has 0 spiro atoms. The number of nitrogen functional groups attached to an aromatic ring is 1. The molecule has 0 radical (unpaired) electrons. The van der Waals surface area contributed by atoms with Crippen molar-refractivity contribution in [1.29, 1.82) is 0 Å². The molecule has 0 amide bonds. The molecule has 74 valence electrons. The van der Waals surface area contributed by atoms with E-state index in [1.807, 2.05) is 0 Å². The Bertz CT molecular complexity index is 265. The molecule has 1 aromatic heterocycles. The molecule has 0 saturated heterocycles. The molecule has 2 N–H and O–H groups in total. The van der Waals surface area contributed by atoms with Crippen LogP contribution in [0.25, 0.3) is 0 Å². The van der Waals surface area contributed by atoms with Gasteiger partial charge in [-0.25, -0.2) is 4.68 Å². The highest BCUT2D eigenvalue weighted by Crippen LogP contribution is 2.07. The van der Waals surface area contributed by atoms with Crippen LogP contribution in [-0.4, -0.2) is 35.1 Å². The van der Waals surface area contributed by atoms with Crippen molar-refractivity contribution >= 4 is 21.9 Å². The molecule has 0 saturated carbocycles. The number of aromatic nitrogens is 3. The number of nitrogens with two attached hydrogens (primary N) is 1. The third-order valence-electron chi connectivity index (χ3n) is 1.29. The summed E-state index contributed by atoms with van der Waals surface area (Å²) in [6.07, 6.45) is 0. The Kier molecular flexibility index (Phi) is 4.13. The second-order valence-electron chi connectivity index (χ2n) is 2.27. The molecular formula is C6H11BrN4O2. The maximum Gasteiger partial charge on any atom is 0.240 e. The quantitative estimate of drug-likeness (QED) is 0.759. The lowest BCUT2D eigenvalue weighted by atomic mass is 10.8. The van der Waals surface area contributed by atoms with Gasteiger partial charge in [0.05, 0.1) is 13.2 Å². The summed E-state index contributed by atoms with van der Waals surface area (Å²) in [4.78, 5) is 3.85. The first-order valence-corrected chi connectivity index (χ1v) is 4.46. The summed E-state index contributed by atoms with van der Waals surface area (Å²) in [5.41, 5.74) is 5.36. The zero-order valence-corrected chi connectivity index (χ0v) is 8.82. The fraction of sp³-hybridized carbons (Fsp3) is 0.667. The second kappa shape index (κ2) is 5.15. The molecule has 0 fully saturated rings. The van der Waals surface area contributed by atoms with Gasteiger partial charge in [-0.2, -0.15) is 4.98 Å². The molecule has 0 aliphatic carbocycles. The highest BCUT2D eigenvalue weighted by molar-refractivity contribution is 9.10. The van der Waals surface area contributed by atoms with E-state index in [1.165, 1.54) is 4.68 Å². The van der Waals surface area contributed by atoms with Crippen molar-refractivity contribution in [2.24, 2.45) is 0 Å². The van der Waals surface area contributed by atoms with Gasteiger partial charge in [0, 0.05) is 7.11 Å². The first-order chi connectivity index (χ1) is 6.24. The Balaban J connectivity index is 2.32. The summed E-state index contributed by atoms with van der Waals surface area (Å²) in [6.45, 7) is 1.39. The molecule has 7 heteroatoms. The summed E-state index contributed by atoms with van der Waals surface area (Å²) in [6, 6.07) is 0. The van der Waals surface area contributed by atoms with Crippen LogP contribution in [0, 0.1) is 0 Å². The van der Waals surface area contributed by atoms with E-state index in [0.717, 1.165) is 0 Å². The minimum absolute atomic E-state index is 0.224. The van der Waals surface area contributed by atoms with Gasteiger partial charge in [-0.05, 0) is 15.9 Å². The normalized spacial score (nSPS) is 10.6. The summed E-state index contributed by atoms with van der Waals surface area (Å²) in [5, 5.41) is 3.88. The van der Waals surface area contributed by atoms with E-state index in [1.54, 1.807) is 7.11 Å². The summed E-state index contributed by atoms with van der Waals surface area (Å²) < 4.78 is 12.1. The van der Waals surface area contributed by atoms with Gasteiger partial charge in [-0.15, -0.1) is 5.10 Å². The molecule has 0 unspecified atom stereocenters. The van der Waals surface area contributed by atoms with E-state index >= 15 is 0 Å². The molecular weight excluding hydrogens is 240 g/mol. The fourth-order valence-electron chi connectivity index (χ4n) is 0.715. The summed E-state index contributed by atoms with van der Waals surface area (Å²) >= 11 is 3.18. The monoisotopic (exact) mass is 250 g/mol. The third-order valence-corrected chi connectivity index (χ3v) is 1.88. The number of nitrogens with zero attached hydrogens (tertiary/aromatic N) is 3. The standard InChI is InChI=1S/C6H11BrN4O2/c1-12-2-3-13-4-11-5(7)9-6(8)10-11/h2-4H2,1H3,(H2,8,10). The zero-order valence-electron chi connectivity index (χ0n) is 7.23. The number of hydrogen-bond donors (Lipinski definition) is 1. The van der Waals surface area contributed by atoms with Gasteiger partial charge in [0.25, 0.3) is 0 Å². The fourth-order valence-corrected chi connectivity index (χ4v) is 1.08. The van der Waals surface area contributed by atoms with Crippen LogP contribution in [0.4, 0.5) is 5.95 Å². The molecule has 0 bridgehead atoms. The van der Waals surface area contributed by atoms with Crippen molar-refractivity contribution in [1.82, 2.24) is 14.8 Å². The van der Waals surface area contributed by atoms with E-state index < -0.39 is 0 Å². The van der Waals surface area contributed by atoms with Gasteiger partial charge < -0.3 is 15.2 Å². The van der Waals surface area contributed by atoms with Crippen molar-refractivity contribution in [2.75, 3.05) is 26.1 Å². The Morgan fingerprint density at radius 1 is 1.54 bits per heavy atom. The molecule has 1 aromatic rings. The molecule has 13 heavy (non-hydrogen) atoms. The van der Waals surface area contributed by atoms with Crippen LogP contribution in [0.15, 0.2) is 4.73 Å². The average molecular weight is 251 g/mol. The van der Waals surface area contributed by atoms with Gasteiger partial charge in [0.2, 0.25) is 5.95 Å². The van der Waals surface area contributed by atoms with E-state index in [0.29, 0.717) is 24.7 Å². The van der Waals surface area contributed by atoms with Crippen LogP contribution in [0.1, 0.15) is 0 Å². The van der Waals surface area contributed by atoms with Crippen molar-refractivity contribution in [3.8, 4) is 0 Å². The Morgan fingerprint density at radius 3 is 2.85 bits per heavy atom. The maximum absolute atomic E-state index is 5.36. The first kappa shape index (κ1) is 10.4. The predicted molar refractivity (Wildman–Crippen MR) is 50.0 cm³/mol. The van der Waals surface area contributed by atoms with Gasteiger partial charge >= 0.3 is 0 Å². The topological polar surface area (TPSA) is 75.2 Å². The first-order valence-electron chi connectivity index (χ1n) is 3.66. The molecule has 6 nitrogen and oxygen atoms in total. The number of halogens is 1. The summed E-state index contributed by atoms with van der Waals surface area (Å²) in [7, 11) is 1.62. The van der Waals surface area contributed by atoms with Crippen LogP contribution in [0.3, 0.4) is 0 Å². The number of rotatable bonds is 5. The lowest BCUT2D eigenvalue weighted by molar-refractivity contribution is 0.0277. The molecule has 0 aliphatic rings. The van der Waals surface area contributed by atoms with Crippen molar-refractivity contribution in [2.45, 2.75) is 6.73 Å². The van der Waals surface area contributed by atoms with E-state index in [4.69, 9.17) is 15.2 Å². The van der Waals surface area contributed by atoms with Gasteiger partial charge in [0.15, 0.2) is 4.73 Å². The van der Waals surface area contributed by atoms with Gasteiger partial charge in [-0.3, -0.25) is 0 Å². The summed E-state index contributed by atoms with van der Waals surface area (Å²) in [5.74, 6) is 0.224. The van der Waals surface area contributed by atoms with Crippen LogP contribution in [0.2, 0.25) is 0 Å². The Hall–Kier alpha value is -0.660. The van der Waals surface area contributed by atoms with Crippen LogP contribution >= 0.6 is 15.9 Å².